The molecule has 0 spiro atoms. The quantitative estimate of drug-likeness (QED) is 0.607. The second kappa shape index (κ2) is 5.86. The van der Waals surface area contributed by atoms with Gasteiger partial charge in [-0.2, -0.15) is 0 Å². The Labute approximate surface area is 94.5 Å². The second-order valence-electron chi connectivity index (χ2n) is 5.73. The Bertz CT molecular complexity index is 175. The molecule has 0 heterocycles. The zero-order chi connectivity index (χ0) is 11.3. The number of rotatable bonds is 8. The molecule has 0 bridgehead atoms. The zero-order valence-corrected chi connectivity index (χ0v) is 10.6. The van der Waals surface area contributed by atoms with E-state index in [-0.39, 0.29) is 5.41 Å². The van der Waals surface area contributed by atoms with Crippen LogP contribution in [0.3, 0.4) is 0 Å². The van der Waals surface area contributed by atoms with Gasteiger partial charge in [0.05, 0.1) is 0 Å². The van der Waals surface area contributed by atoms with Crippen LogP contribution in [-0.4, -0.2) is 24.3 Å². The molecule has 90 valence electrons. The lowest BCUT2D eigenvalue weighted by Crippen LogP contribution is -2.32. The summed E-state index contributed by atoms with van der Waals surface area (Å²) in [5.41, 5.74) is 0.100. The first-order chi connectivity index (χ1) is 7.09. The van der Waals surface area contributed by atoms with Gasteiger partial charge in [0.1, 0.15) is 0 Å². The summed E-state index contributed by atoms with van der Waals surface area (Å²) in [5, 5.41) is 12.8. The van der Waals surface area contributed by atoms with Gasteiger partial charge in [0, 0.05) is 12.6 Å². The first kappa shape index (κ1) is 13.0. The maximum absolute atomic E-state index is 9.13. The molecule has 0 aromatic carbocycles. The number of aliphatic hydroxyl groups is 1. The molecule has 1 fully saturated rings. The van der Waals surface area contributed by atoms with Crippen molar-refractivity contribution in [2.45, 2.75) is 58.9 Å². The van der Waals surface area contributed by atoms with Crippen molar-refractivity contribution in [2.75, 3.05) is 13.2 Å². The normalized spacial score (nSPS) is 19.2. The third kappa shape index (κ3) is 4.98. The molecule has 2 heteroatoms. The lowest BCUT2D eigenvalue weighted by atomic mass is 9.89. The van der Waals surface area contributed by atoms with Crippen molar-refractivity contribution >= 4 is 0 Å². The van der Waals surface area contributed by atoms with E-state index in [1.807, 2.05) is 0 Å². The van der Waals surface area contributed by atoms with Gasteiger partial charge >= 0.3 is 0 Å². The van der Waals surface area contributed by atoms with Crippen molar-refractivity contribution < 1.29 is 5.11 Å². The molecule has 1 saturated carbocycles. The highest BCUT2D eigenvalue weighted by atomic mass is 16.3. The highest BCUT2D eigenvalue weighted by Gasteiger charge is 2.29. The molecule has 1 rings (SSSR count). The van der Waals surface area contributed by atoms with Gasteiger partial charge in [0.15, 0.2) is 0 Å². The maximum atomic E-state index is 9.13. The van der Waals surface area contributed by atoms with E-state index in [1.165, 1.54) is 25.7 Å². The SMILES string of the molecule is CCC(NCCCC(C)(C)CO)C1CC1. The summed E-state index contributed by atoms with van der Waals surface area (Å²) in [6.07, 6.45) is 6.39. The van der Waals surface area contributed by atoms with Gasteiger partial charge in [-0.15, -0.1) is 0 Å². The predicted molar refractivity (Wildman–Crippen MR) is 64.9 cm³/mol. The van der Waals surface area contributed by atoms with Crippen LogP contribution in [0.1, 0.15) is 52.9 Å². The Hall–Kier alpha value is -0.0800. The van der Waals surface area contributed by atoms with Gasteiger partial charge in [-0.05, 0) is 50.0 Å². The minimum absolute atomic E-state index is 0.100. The van der Waals surface area contributed by atoms with Crippen molar-refractivity contribution in [2.24, 2.45) is 11.3 Å². The van der Waals surface area contributed by atoms with E-state index < -0.39 is 0 Å². The molecule has 0 aromatic rings. The number of hydrogen-bond acceptors (Lipinski definition) is 2. The molecule has 0 radical (unpaired) electrons. The summed E-state index contributed by atoms with van der Waals surface area (Å²) in [6.45, 7) is 7.94. The first-order valence-corrected chi connectivity index (χ1v) is 6.43. The van der Waals surface area contributed by atoms with Gasteiger partial charge in [0.2, 0.25) is 0 Å². The average Bonchev–Trinajstić information content (AvgIpc) is 3.02. The molecule has 1 aliphatic carbocycles. The summed E-state index contributed by atoms with van der Waals surface area (Å²) in [5.74, 6) is 0.959. The standard InChI is InChI=1S/C13H27NO/c1-4-12(11-6-7-11)14-9-5-8-13(2,3)10-15/h11-12,14-15H,4-10H2,1-3H3. The highest BCUT2D eigenvalue weighted by Crippen LogP contribution is 2.33. The molecule has 0 saturated heterocycles. The van der Waals surface area contributed by atoms with Gasteiger partial charge in [-0.1, -0.05) is 20.8 Å². The average molecular weight is 213 g/mol. The summed E-state index contributed by atoms with van der Waals surface area (Å²) < 4.78 is 0. The van der Waals surface area contributed by atoms with Crippen LogP contribution in [0.2, 0.25) is 0 Å². The molecule has 2 nitrogen and oxygen atoms in total. The summed E-state index contributed by atoms with van der Waals surface area (Å²) >= 11 is 0. The van der Waals surface area contributed by atoms with Crippen LogP contribution in [0.4, 0.5) is 0 Å². The predicted octanol–water partition coefficient (Wildman–Crippen LogP) is 2.56. The maximum Gasteiger partial charge on any atom is 0.0482 e. The van der Waals surface area contributed by atoms with Crippen LogP contribution >= 0.6 is 0 Å². The van der Waals surface area contributed by atoms with E-state index in [0.717, 1.165) is 24.9 Å². The van der Waals surface area contributed by atoms with Gasteiger partial charge in [-0.3, -0.25) is 0 Å². The Morgan fingerprint density at radius 3 is 2.53 bits per heavy atom. The van der Waals surface area contributed by atoms with E-state index in [2.05, 4.69) is 26.1 Å². The molecular formula is C13H27NO. The van der Waals surface area contributed by atoms with Crippen LogP contribution in [0.15, 0.2) is 0 Å². The van der Waals surface area contributed by atoms with Crippen LogP contribution < -0.4 is 5.32 Å². The van der Waals surface area contributed by atoms with E-state index in [0.29, 0.717) is 6.61 Å². The summed E-state index contributed by atoms with van der Waals surface area (Å²) in [6, 6.07) is 0.752. The largest absolute Gasteiger partial charge is 0.396 e. The lowest BCUT2D eigenvalue weighted by Gasteiger charge is -2.22. The minimum Gasteiger partial charge on any atom is -0.396 e. The van der Waals surface area contributed by atoms with Gasteiger partial charge < -0.3 is 10.4 Å². The molecule has 0 aliphatic heterocycles. The fourth-order valence-corrected chi connectivity index (χ4v) is 2.08. The van der Waals surface area contributed by atoms with Crippen LogP contribution in [0.25, 0.3) is 0 Å². The highest BCUT2D eigenvalue weighted by molar-refractivity contribution is 4.85. The number of hydrogen-bond donors (Lipinski definition) is 2. The summed E-state index contributed by atoms with van der Waals surface area (Å²) in [7, 11) is 0. The fourth-order valence-electron chi connectivity index (χ4n) is 2.08. The number of nitrogens with one attached hydrogen (secondary N) is 1. The fraction of sp³-hybridized carbons (Fsp3) is 1.00. The van der Waals surface area contributed by atoms with Crippen LogP contribution in [0.5, 0.6) is 0 Å². The number of aliphatic hydroxyl groups excluding tert-OH is 1. The van der Waals surface area contributed by atoms with Crippen molar-refractivity contribution in [3.8, 4) is 0 Å². The van der Waals surface area contributed by atoms with Crippen molar-refractivity contribution in [1.29, 1.82) is 0 Å². The molecule has 1 atom stereocenters. The lowest BCUT2D eigenvalue weighted by molar-refractivity contribution is 0.147. The molecule has 15 heavy (non-hydrogen) atoms. The van der Waals surface area contributed by atoms with Gasteiger partial charge in [0.25, 0.3) is 0 Å². The third-order valence-corrected chi connectivity index (χ3v) is 3.50. The molecular weight excluding hydrogens is 186 g/mol. The van der Waals surface area contributed by atoms with E-state index >= 15 is 0 Å². The smallest absolute Gasteiger partial charge is 0.0482 e. The Morgan fingerprint density at radius 1 is 1.40 bits per heavy atom. The Balaban J connectivity index is 2.05. The Kier molecular flexibility index (Phi) is 5.07. The van der Waals surface area contributed by atoms with Crippen LogP contribution in [0, 0.1) is 11.3 Å². The van der Waals surface area contributed by atoms with Crippen molar-refractivity contribution in [1.82, 2.24) is 5.32 Å². The topological polar surface area (TPSA) is 32.3 Å². The first-order valence-electron chi connectivity index (χ1n) is 6.43. The molecule has 0 aromatic heterocycles. The van der Waals surface area contributed by atoms with Gasteiger partial charge in [-0.25, -0.2) is 0 Å². The zero-order valence-electron chi connectivity index (χ0n) is 10.6. The van der Waals surface area contributed by atoms with Crippen molar-refractivity contribution in [3.63, 3.8) is 0 Å². The molecule has 1 unspecified atom stereocenters. The van der Waals surface area contributed by atoms with E-state index in [9.17, 15) is 0 Å². The van der Waals surface area contributed by atoms with E-state index in [4.69, 9.17) is 5.11 Å². The third-order valence-electron chi connectivity index (χ3n) is 3.50. The molecule has 2 N–H and O–H groups in total. The Morgan fingerprint density at radius 2 is 2.07 bits per heavy atom. The van der Waals surface area contributed by atoms with Crippen molar-refractivity contribution in [3.05, 3.63) is 0 Å². The van der Waals surface area contributed by atoms with E-state index in [1.54, 1.807) is 0 Å². The minimum atomic E-state index is 0.100. The molecule has 1 aliphatic rings. The van der Waals surface area contributed by atoms with Crippen LogP contribution in [-0.2, 0) is 0 Å². The summed E-state index contributed by atoms with van der Waals surface area (Å²) in [4.78, 5) is 0. The second-order valence-corrected chi connectivity index (χ2v) is 5.73. The molecule has 0 amide bonds. The monoisotopic (exact) mass is 213 g/mol.